The molecule has 0 saturated heterocycles. The van der Waals surface area contributed by atoms with Gasteiger partial charge in [-0.1, -0.05) is 6.92 Å². The van der Waals surface area contributed by atoms with Crippen LogP contribution in [0.1, 0.15) is 33.1 Å². The van der Waals surface area contributed by atoms with Crippen molar-refractivity contribution in [3.63, 3.8) is 0 Å². The lowest BCUT2D eigenvalue weighted by Gasteiger charge is -2.14. The van der Waals surface area contributed by atoms with Crippen molar-refractivity contribution in [3.05, 3.63) is 0 Å². The van der Waals surface area contributed by atoms with Crippen molar-refractivity contribution < 1.29 is 18.0 Å². The highest BCUT2D eigenvalue weighted by Gasteiger charge is 2.26. The molecule has 1 atom stereocenters. The van der Waals surface area contributed by atoms with E-state index < -0.39 is 12.6 Å². The Kier molecular flexibility index (Phi) is 8.74. The van der Waals surface area contributed by atoms with E-state index in [1.54, 1.807) is 0 Å². The number of carbonyl (C=O) groups is 1. The summed E-state index contributed by atoms with van der Waals surface area (Å²) in [4.78, 5) is 15.2. The van der Waals surface area contributed by atoms with Gasteiger partial charge < -0.3 is 16.0 Å². The van der Waals surface area contributed by atoms with Crippen molar-refractivity contribution in [2.45, 2.75) is 45.3 Å². The van der Waals surface area contributed by atoms with Crippen molar-refractivity contribution in [2.75, 3.05) is 20.1 Å². The van der Waals surface area contributed by atoms with Crippen LogP contribution in [0.15, 0.2) is 4.99 Å². The van der Waals surface area contributed by atoms with E-state index in [4.69, 9.17) is 0 Å². The first-order valence-corrected chi connectivity index (χ1v) is 6.59. The molecule has 0 radical (unpaired) electrons. The molecule has 0 rings (SSSR count). The Labute approximate surface area is 117 Å². The minimum Gasteiger partial charge on any atom is -0.356 e. The van der Waals surface area contributed by atoms with Crippen LogP contribution in [0.2, 0.25) is 0 Å². The summed E-state index contributed by atoms with van der Waals surface area (Å²) in [6, 6.07) is 0.117. The van der Waals surface area contributed by atoms with Crippen LogP contribution in [0.5, 0.6) is 0 Å². The number of nitrogens with zero attached hydrogens (tertiary/aromatic N) is 1. The molecule has 0 aromatic carbocycles. The molecule has 118 valence electrons. The molecular formula is C12H23F3N4O. The van der Waals surface area contributed by atoms with Gasteiger partial charge in [0.05, 0.1) is 6.42 Å². The van der Waals surface area contributed by atoms with Gasteiger partial charge in [-0.2, -0.15) is 13.2 Å². The Hall–Kier alpha value is -1.47. The Morgan fingerprint density at radius 3 is 2.35 bits per heavy atom. The molecule has 0 aliphatic heterocycles. The molecule has 0 heterocycles. The van der Waals surface area contributed by atoms with Crippen LogP contribution in [-0.2, 0) is 4.79 Å². The summed E-state index contributed by atoms with van der Waals surface area (Å²) >= 11 is 0. The fourth-order valence-corrected chi connectivity index (χ4v) is 1.29. The van der Waals surface area contributed by atoms with Crippen molar-refractivity contribution >= 4 is 11.9 Å². The lowest BCUT2D eigenvalue weighted by atomic mass is 10.2. The van der Waals surface area contributed by atoms with E-state index in [0.29, 0.717) is 6.54 Å². The summed E-state index contributed by atoms with van der Waals surface area (Å²) < 4.78 is 35.9. The first kappa shape index (κ1) is 18.5. The third kappa shape index (κ3) is 10.5. The number of alkyl halides is 3. The minimum absolute atomic E-state index is 0.0994. The molecular weight excluding hydrogens is 273 g/mol. The van der Waals surface area contributed by atoms with Crippen LogP contribution in [0, 0.1) is 0 Å². The van der Waals surface area contributed by atoms with E-state index >= 15 is 0 Å². The number of halogens is 3. The highest BCUT2D eigenvalue weighted by molar-refractivity contribution is 5.81. The first-order valence-electron chi connectivity index (χ1n) is 6.59. The van der Waals surface area contributed by atoms with E-state index in [0.717, 1.165) is 6.42 Å². The van der Waals surface area contributed by atoms with Crippen LogP contribution in [0.25, 0.3) is 0 Å². The van der Waals surface area contributed by atoms with Gasteiger partial charge in [0.25, 0.3) is 0 Å². The van der Waals surface area contributed by atoms with E-state index in [1.807, 2.05) is 13.8 Å². The molecule has 0 aliphatic rings. The van der Waals surface area contributed by atoms with Gasteiger partial charge in [0.1, 0.15) is 0 Å². The van der Waals surface area contributed by atoms with Crippen molar-refractivity contribution in [3.8, 4) is 0 Å². The Bertz CT molecular complexity index is 318. The monoisotopic (exact) mass is 296 g/mol. The molecule has 0 fully saturated rings. The maximum atomic E-state index is 12.0. The highest BCUT2D eigenvalue weighted by Crippen LogP contribution is 2.17. The molecule has 0 bridgehead atoms. The molecule has 5 nitrogen and oxygen atoms in total. The van der Waals surface area contributed by atoms with Gasteiger partial charge in [0.2, 0.25) is 5.91 Å². The summed E-state index contributed by atoms with van der Waals surface area (Å²) in [6.45, 7) is 3.94. The number of aliphatic imine (C=N–C) groups is 1. The number of hydrogen-bond acceptors (Lipinski definition) is 2. The third-order valence-electron chi connectivity index (χ3n) is 2.59. The zero-order valence-electron chi connectivity index (χ0n) is 12.1. The molecule has 0 aromatic heterocycles. The normalized spacial score (nSPS) is 13.8. The van der Waals surface area contributed by atoms with E-state index in [1.165, 1.54) is 7.05 Å². The smallest absolute Gasteiger partial charge is 0.356 e. The summed E-state index contributed by atoms with van der Waals surface area (Å²) in [6.07, 6.45) is -4.03. The highest BCUT2D eigenvalue weighted by atomic mass is 19.4. The summed E-state index contributed by atoms with van der Waals surface area (Å²) in [5.74, 6) is 0.156. The molecule has 0 spiro atoms. The van der Waals surface area contributed by atoms with Crippen LogP contribution in [0.4, 0.5) is 13.2 Å². The standard InChI is InChI=1S/C12H23F3N4O/c1-4-9(2)19-10(20)5-7-17-11(16-3)18-8-6-12(13,14)15/h9H,4-8H2,1-3H3,(H,19,20)(H2,16,17,18). The maximum absolute atomic E-state index is 12.0. The zero-order chi connectivity index (χ0) is 15.6. The zero-order valence-corrected chi connectivity index (χ0v) is 12.1. The van der Waals surface area contributed by atoms with E-state index in [-0.39, 0.29) is 30.9 Å². The topological polar surface area (TPSA) is 65.5 Å². The molecule has 3 N–H and O–H groups in total. The largest absolute Gasteiger partial charge is 0.390 e. The van der Waals surface area contributed by atoms with Gasteiger partial charge in [-0.15, -0.1) is 0 Å². The van der Waals surface area contributed by atoms with Gasteiger partial charge in [-0.25, -0.2) is 0 Å². The number of nitrogens with one attached hydrogen (secondary N) is 3. The van der Waals surface area contributed by atoms with Gasteiger partial charge in [0.15, 0.2) is 5.96 Å². The summed E-state index contributed by atoms with van der Waals surface area (Å²) in [5, 5.41) is 8.12. The van der Waals surface area contributed by atoms with Crippen molar-refractivity contribution in [2.24, 2.45) is 4.99 Å². The molecule has 0 aliphatic carbocycles. The van der Waals surface area contributed by atoms with Gasteiger partial charge in [-0.05, 0) is 13.3 Å². The predicted octanol–water partition coefficient (Wildman–Crippen LogP) is 1.41. The van der Waals surface area contributed by atoms with Gasteiger partial charge >= 0.3 is 6.18 Å². The lowest BCUT2D eigenvalue weighted by Crippen LogP contribution is -2.41. The predicted molar refractivity (Wildman–Crippen MR) is 72.5 cm³/mol. The van der Waals surface area contributed by atoms with Gasteiger partial charge in [-0.3, -0.25) is 9.79 Å². The Balaban J connectivity index is 3.83. The van der Waals surface area contributed by atoms with Crippen molar-refractivity contribution in [1.29, 1.82) is 0 Å². The number of hydrogen-bond donors (Lipinski definition) is 3. The molecule has 0 aromatic rings. The summed E-state index contributed by atoms with van der Waals surface area (Å²) in [5.41, 5.74) is 0. The number of guanidine groups is 1. The molecule has 1 amide bonds. The SMILES string of the molecule is CCC(C)NC(=O)CCNC(=NC)NCCC(F)(F)F. The second-order valence-electron chi connectivity index (χ2n) is 4.42. The fraction of sp³-hybridized carbons (Fsp3) is 0.833. The number of rotatable bonds is 7. The average Bonchev–Trinajstić information content (AvgIpc) is 2.35. The molecule has 20 heavy (non-hydrogen) atoms. The van der Waals surface area contributed by atoms with Crippen molar-refractivity contribution in [1.82, 2.24) is 16.0 Å². The minimum atomic E-state index is -4.19. The average molecular weight is 296 g/mol. The third-order valence-corrected chi connectivity index (χ3v) is 2.59. The molecule has 0 saturated carbocycles. The van der Waals surface area contributed by atoms with Crippen LogP contribution < -0.4 is 16.0 Å². The maximum Gasteiger partial charge on any atom is 0.390 e. The van der Waals surface area contributed by atoms with Gasteiger partial charge in [0, 0.05) is 32.6 Å². The van der Waals surface area contributed by atoms with E-state index in [9.17, 15) is 18.0 Å². The summed E-state index contributed by atoms with van der Waals surface area (Å²) in [7, 11) is 1.46. The second kappa shape index (κ2) is 9.44. The number of carbonyl (C=O) groups excluding carboxylic acids is 1. The second-order valence-corrected chi connectivity index (χ2v) is 4.42. The fourth-order valence-electron chi connectivity index (χ4n) is 1.29. The van der Waals surface area contributed by atoms with E-state index in [2.05, 4.69) is 20.9 Å². The Morgan fingerprint density at radius 1 is 1.25 bits per heavy atom. The van der Waals surface area contributed by atoms with Crippen LogP contribution in [0.3, 0.4) is 0 Å². The van der Waals surface area contributed by atoms with Crippen LogP contribution in [-0.4, -0.2) is 44.2 Å². The molecule has 1 unspecified atom stereocenters. The Morgan fingerprint density at radius 2 is 1.85 bits per heavy atom. The first-order chi connectivity index (χ1) is 9.28. The number of amides is 1. The molecule has 8 heteroatoms. The van der Waals surface area contributed by atoms with Crippen LogP contribution >= 0.6 is 0 Å². The lowest BCUT2D eigenvalue weighted by molar-refractivity contribution is -0.132. The quantitative estimate of drug-likeness (QED) is 0.491.